The summed E-state index contributed by atoms with van der Waals surface area (Å²) in [6.45, 7) is 6.15. The highest BCUT2D eigenvalue weighted by Crippen LogP contribution is 2.39. The molecule has 202 valence electrons. The van der Waals surface area contributed by atoms with Crippen LogP contribution >= 0.6 is 0 Å². The molecular weight excluding hydrogens is 486 g/mol. The van der Waals surface area contributed by atoms with Crippen molar-refractivity contribution in [1.82, 2.24) is 19.6 Å². The molecule has 39 heavy (non-hydrogen) atoms. The van der Waals surface area contributed by atoms with Crippen molar-refractivity contribution in [2.45, 2.75) is 71.6 Å². The van der Waals surface area contributed by atoms with Crippen LogP contribution in [0.3, 0.4) is 0 Å². The first kappa shape index (κ1) is 25.5. The second-order valence-corrected chi connectivity index (χ2v) is 11.7. The number of aryl methyl sites for hydroxylation is 2. The van der Waals surface area contributed by atoms with E-state index in [0.717, 1.165) is 71.9 Å². The third-order valence-corrected chi connectivity index (χ3v) is 8.84. The van der Waals surface area contributed by atoms with Crippen LogP contribution in [0, 0.1) is 12.3 Å². The summed E-state index contributed by atoms with van der Waals surface area (Å²) in [5.41, 5.74) is 8.09. The monoisotopic (exact) mass is 523 g/mol. The molecule has 3 aliphatic heterocycles. The SMILES string of the molecule is Cc1nc2cc3nn2c(c1CC(=O)O)N1CCC(C)(CCCCCCc2ccncc2-c2cccc-3c2)CC1. The highest BCUT2D eigenvalue weighted by atomic mass is 16.4. The topological polar surface area (TPSA) is 83.6 Å². The van der Waals surface area contributed by atoms with Crippen molar-refractivity contribution in [2.75, 3.05) is 18.0 Å². The van der Waals surface area contributed by atoms with Crippen LogP contribution in [0.25, 0.3) is 28.0 Å². The Hall–Kier alpha value is -3.74. The number of piperidine rings is 1. The number of rotatable bonds is 2. The number of aliphatic carboxylic acids is 1. The highest BCUT2D eigenvalue weighted by Gasteiger charge is 2.32. The van der Waals surface area contributed by atoms with Gasteiger partial charge in [-0.15, -0.1) is 0 Å². The quantitative estimate of drug-likeness (QED) is 0.323. The van der Waals surface area contributed by atoms with Crippen LogP contribution in [0.4, 0.5) is 5.82 Å². The predicted molar refractivity (Wildman–Crippen MR) is 154 cm³/mol. The number of carboxylic acids is 1. The maximum Gasteiger partial charge on any atom is 0.308 e. The van der Waals surface area contributed by atoms with Crippen LogP contribution in [-0.4, -0.2) is 43.7 Å². The summed E-state index contributed by atoms with van der Waals surface area (Å²) >= 11 is 0. The highest BCUT2D eigenvalue weighted by molar-refractivity contribution is 5.77. The van der Waals surface area contributed by atoms with Crippen LogP contribution in [0.5, 0.6) is 0 Å². The van der Waals surface area contributed by atoms with Gasteiger partial charge in [0.15, 0.2) is 5.65 Å². The van der Waals surface area contributed by atoms with Crippen LogP contribution < -0.4 is 4.90 Å². The lowest BCUT2D eigenvalue weighted by Gasteiger charge is -2.41. The first-order valence-corrected chi connectivity index (χ1v) is 14.3. The van der Waals surface area contributed by atoms with E-state index in [1.54, 1.807) is 0 Å². The Morgan fingerprint density at radius 2 is 1.82 bits per heavy atom. The third kappa shape index (κ3) is 5.14. The summed E-state index contributed by atoms with van der Waals surface area (Å²) in [4.78, 5) is 23.5. The van der Waals surface area contributed by atoms with E-state index in [9.17, 15) is 9.90 Å². The van der Waals surface area contributed by atoms with E-state index in [-0.39, 0.29) is 6.42 Å². The van der Waals surface area contributed by atoms with Crippen molar-refractivity contribution < 1.29 is 9.90 Å². The van der Waals surface area contributed by atoms with Gasteiger partial charge < -0.3 is 10.0 Å². The molecule has 7 heteroatoms. The van der Waals surface area contributed by atoms with Crippen LogP contribution in [-0.2, 0) is 17.6 Å². The number of hydrogen-bond donors (Lipinski definition) is 1. The predicted octanol–water partition coefficient (Wildman–Crippen LogP) is 6.51. The number of aromatic nitrogens is 4. The fourth-order valence-corrected chi connectivity index (χ4v) is 6.44. The van der Waals surface area contributed by atoms with Crippen molar-refractivity contribution in [3.63, 3.8) is 0 Å². The largest absolute Gasteiger partial charge is 0.481 e. The van der Waals surface area contributed by atoms with Gasteiger partial charge in [0.1, 0.15) is 5.82 Å². The van der Waals surface area contributed by atoms with Gasteiger partial charge in [-0.25, -0.2) is 4.98 Å². The number of fused-ring (bicyclic) bond motifs is 7. The molecule has 3 aromatic heterocycles. The van der Waals surface area contributed by atoms with Crippen LogP contribution in [0.15, 0.2) is 48.8 Å². The number of anilines is 1. The van der Waals surface area contributed by atoms with Crippen molar-refractivity contribution in [1.29, 1.82) is 0 Å². The molecule has 1 aromatic carbocycles. The molecule has 1 fully saturated rings. The van der Waals surface area contributed by atoms with Crippen molar-refractivity contribution >= 4 is 17.4 Å². The molecule has 0 unspecified atom stereocenters. The number of hydrogen-bond acceptors (Lipinski definition) is 5. The van der Waals surface area contributed by atoms with E-state index < -0.39 is 5.97 Å². The van der Waals surface area contributed by atoms with Crippen LogP contribution in [0.1, 0.15) is 68.7 Å². The van der Waals surface area contributed by atoms with Gasteiger partial charge in [0.25, 0.3) is 0 Å². The molecule has 3 aliphatic rings. The van der Waals surface area contributed by atoms with E-state index in [1.807, 2.05) is 29.9 Å². The number of pyridine rings is 1. The summed E-state index contributed by atoms with van der Waals surface area (Å²) < 4.78 is 1.89. The zero-order valence-electron chi connectivity index (χ0n) is 23.0. The van der Waals surface area contributed by atoms with Crippen molar-refractivity contribution in [3.05, 3.63) is 65.6 Å². The molecular formula is C32H37N5O2. The lowest BCUT2D eigenvalue weighted by atomic mass is 9.76. The van der Waals surface area contributed by atoms with E-state index in [4.69, 9.17) is 10.1 Å². The molecule has 0 saturated carbocycles. The minimum Gasteiger partial charge on any atom is -0.481 e. The fourth-order valence-electron chi connectivity index (χ4n) is 6.44. The minimum atomic E-state index is -0.847. The van der Waals surface area contributed by atoms with Gasteiger partial charge in [-0.3, -0.25) is 9.78 Å². The Bertz CT molecular complexity index is 1520. The standard InChI is InChI=1S/C32H37N5O2/c1-22-26(19-30(38)39)31-36-16-13-32(2,14-17-36)12-6-4-3-5-8-23-11-15-33-21-27(23)24-9-7-10-25(18-24)28-20-29(34-22)37(31)35-28/h7,9-11,15,18,20-21H,3-6,8,12-14,16-17,19H2,1-2H3,(H,38,39). The van der Waals surface area contributed by atoms with Gasteiger partial charge >= 0.3 is 5.97 Å². The third-order valence-electron chi connectivity index (χ3n) is 8.84. The smallest absolute Gasteiger partial charge is 0.308 e. The van der Waals surface area contributed by atoms with Crippen LogP contribution in [0.2, 0.25) is 0 Å². The van der Waals surface area contributed by atoms with E-state index in [1.165, 1.54) is 43.2 Å². The Labute approximate surface area is 229 Å². The summed E-state index contributed by atoms with van der Waals surface area (Å²) in [6.07, 6.45) is 13.3. The molecule has 1 saturated heterocycles. The maximum atomic E-state index is 11.9. The normalized spacial score (nSPS) is 17.4. The molecule has 0 amide bonds. The first-order valence-electron chi connectivity index (χ1n) is 14.3. The summed E-state index contributed by atoms with van der Waals surface area (Å²) in [5, 5.41) is 14.8. The van der Waals surface area contributed by atoms with Gasteiger partial charge in [-0.1, -0.05) is 44.4 Å². The van der Waals surface area contributed by atoms with Gasteiger partial charge in [-0.2, -0.15) is 9.61 Å². The van der Waals surface area contributed by atoms with Gasteiger partial charge in [0, 0.05) is 53.9 Å². The molecule has 6 bridgehead atoms. The summed E-state index contributed by atoms with van der Waals surface area (Å²) in [5.74, 6) is 0.0389. The van der Waals surface area contributed by atoms with E-state index in [0.29, 0.717) is 5.41 Å². The molecule has 0 aliphatic carbocycles. The van der Waals surface area contributed by atoms with Crippen molar-refractivity contribution in [2.24, 2.45) is 5.41 Å². The van der Waals surface area contributed by atoms with E-state index >= 15 is 0 Å². The average Bonchev–Trinajstić information content (AvgIpc) is 3.35. The molecule has 1 N–H and O–H groups in total. The molecule has 0 spiro atoms. The molecule has 7 rings (SSSR count). The Balaban J connectivity index is 1.50. The number of nitrogens with zero attached hydrogens (tertiary/aromatic N) is 5. The van der Waals surface area contributed by atoms with E-state index in [2.05, 4.69) is 47.1 Å². The molecule has 6 heterocycles. The summed E-state index contributed by atoms with van der Waals surface area (Å²) in [6, 6.07) is 12.7. The zero-order valence-corrected chi connectivity index (χ0v) is 23.0. The molecule has 0 atom stereocenters. The Morgan fingerprint density at radius 1 is 1.03 bits per heavy atom. The van der Waals surface area contributed by atoms with Gasteiger partial charge in [0.2, 0.25) is 0 Å². The Morgan fingerprint density at radius 3 is 2.64 bits per heavy atom. The second kappa shape index (κ2) is 10.4. The maximum absolute atomic E-state index is 11.9. The Kier molecular flexibility index (Phi) is 6.83. The van der Waals surface area contributed by atoms with Gasteiger partial charge in [0.05, 0.1) is 12.1 Å². The lowest BCUT2D eigenvalue weighted by Crippen LogP contribution is -2.40. The van der Waals surface area contributed by atoms with Gasteiger partial charge in [-0.05, 0) is 67.7 Å². The molecule has 7 nitrogen and oxygen atoms in total. The lowest BCUT2D eigenvalue weighted by molar-refractivity contribution is -0.136. The fraction of sp³-hybridized carbons (Fsp3) is 0.438. The zero-order chi connectivity index (χ0) is 27.0. The molecule has 0 radical (unpaired) electrons. The first-order chi connectivity index (χ1) is 18.9. The number of carboxylic acid groups (broad SMARTS) is 1. The number of benzene rings is 1. The number of carbonyl (C=O) groups is 1. The second-order valence-electron chi connectivity index (χ2n) is 11.7. The average molecular weight is 524 g/mol. The molecule has 4 aromatic rings. The summed E-state index contributed by atoms with van der Waals surface area (Å²) in [7, 11) is 0. The van der Waals surface area contributed by atoms with Crippen molar-refractivity contribution in [3.8, 4) is 22.4 Å². The minimum absolute atomic E-state index is 0.0632.